The fraction of sp³-hybridized carbons (Fsp3) is 0.556. The summed E-state index contributed by atoms with van der Waals surface area (Å²) in [6.07, 6.45) is 0.358. The van der Waals surface area contributed by atoms with Gasteiger partial charge in [0.1, 0.15) is 5.75 Å². The second kappa shape index (κ2) is 12.1. The zero-order valence-corrected chi connectivity index (χ0v) is 15.6. The molecule has 146 valence electrons. The van der Waals surface area contributed by atoms with Crippen molar-refractivity contribution in [1.82, 2.24) is 15.5 Å². The van der Waals surface area contributed by atoms with E-state index in [0.29, 0.717) is 44.1 Å². The molecule has 1 aromatic carbocycles. The summed E-state index contributed by atoms with van der Waals surface area (Å²) in [5, 5.41) is 6.16. The second-order valence-electron chi connectivity index (χ2n) is 5.42. The van der Waals surface area contributed by atoms with Crippen LogP contribution in [0.3, 0.4) is 0 Å². The molecule has 0 saturated heterocycles. The number of ether oxygens (including phenoxy) is 1. The highest BCUT2D eigenvalue weighted by molar-refractivity contribution is 5.81. The molecule has 1 aromatic rings. The number of nitrogens with one attached hydrogen (secondary N) is 2. The van der Waals surface area contributed by atoms with Crippen LogP contribution >= 0.6 is 0 Å². The molecule has 26 heavy (non-hydrogen) atoms. The number of carbonyl (C=O) groups excluding carboxylic acids is 1. The number of halogens is 2. The van der Waals surface area contributed by atoms with Gasteiger partial charge in [-0.2, -0.15) is 8.78 Å². The van der Waals surface area contributed by atoms with Crippen LogP contribution in [0.15, 0.2) is 29.3 Å². The van der Waals surface area contributed by atoms with Gasteiger partial charge in [0.05, 0.1) is 6.54 Å². The Balaban J connectivity index is 2.65. The Labute approximate surface area is 153 Å². The Kier molecular flexibility index (Phi) is 10.0. The van der Waals surface area contributed by atoms with E-state index < -0.39 is 6.61 Å². The molecule has 6 nitrogen and oxygen atoms in total. The number of guanidine groups is 1. The first-order valence-corrected chi connectivity index (χ1v) is 8.84. The van der Waals surface area contributed by atoms with Gasteiger partial charge in [-0.05, 0) is 26.8 Å². The molecule has 0 unspecified atom stereocenters. The largest absolute Gasteiger partial charge is 0.434 e. The molecule has 0 aliphatic carbocycles. The number of nitrogens with zero attached hydrogens (tertiary/aromatic N) is 2. The minimum Gasteiger partial charge on any atom is -0.434 e. The molecule has 0 atom stereocenters. The van der Waals surface area contributed by atoms with E-state index in [1.165, 1.54) is 6.07 Å². The number of alkyl halides is 2. The van der Waals surface area contributed by atoms with Crippen LogP contribution in [0.4, 0.5) is 8.78 Å². The lowest BCUT2D eigenvalue weighted by Gasteiger charge is -2.19. The first kappa shape index (κ1) is 21.7. The van der Waals surface area contributed by atoms with Crippen LogP contribution in [-0.2, 0) is 11.3 Å². The zero-order chi connectivity index (χ0) is 19.4. The Morgan fingerprint density at radius 1 is 1.19 bits per heavy atom. The van der Waals surface area contributed by atoms with E-state index in [1.54, 1.807) is 23.1 Å². The van der Waals surface area contributed by atoms with Crippen molar-refractivity contribution in [3.05, 3.63) is 29.8 Å². The van der Waals surface area contributed by atoms with Crippen LogP contribution in [0.2, 0.25) is 0 Å². The van der Waals surface area contributed by atoms with Gasteiger partial charge >= 0.3 is 6.61 Å². The molecule has 0 spiro atoms. The van der Waals surface area contributed by atoms with Crippen LogP contribution in [0.25, 0.3) is 0 Å². The van der Waals surface area contributed by atoms with Crippen LogP contribution in [0.5, 0.6) is 5.75 Å². The number of benzene rings is 1. The van der Waals surface area contributed by atoms with Crippen LogP contribution in [-0.4, -0.2) is 49.6 Å². The third-order valence-electron chi connectivity index (χ3n) is 3.69. The number of para-hydroxylation sites is 1. The molecule has 0 heterocycles. The third-order valence-corrected chi connectivity index (χ3v) is 3.69. The number of rotatable bonds is 10. The topological polar surface area (TPSA) is 66.0 Å². The minimum absolute atomic E-state index is 0.0778. The predicted octanol–water partition coefficient (Wildman–Crippen LogP) is 2.60. The molecule has 0 aromatic heterocycles. The van der Waals surface area contributed by atoms with Crippen molar-refractivity contribution < 1.29 is 18.3 Å². The maximum absolute atomic E-state index is 12.5. The summed E-state index contributed by atoms with van der Waals surface area (Å²) in [6.45, 7) is 5.57. The minimum atomic E-state index is -2.88. The highest BCUT2D eigenvalue weighted by Crippen LogP contribution is 2.20. The van der Waals surface area contributed by atoms with Crippen LogP contribution in [0.1, 0.15) is 32.8 Å². The van der Waals surface area contributed by atoms with Gasteiger partial charge in [-0.3, -0.25) is 4.79 Å². The number of carbonyl (C=O) groups is 1. The Hall–Kier alpha value is -2.38. The Bertz CT molecular complexity index is 578. The Morgan fingerprint density at radius 2 is 1.88 bits per heavy atom. The molecule has 0 radical (unpaired) electrons. The number of hydrogen-bond donors (Lipinski definition) is 2. The summed E-state index contributed by atoms with van der Waals surface area (Å²) >= 11 is 0. The van der Waals surface area contributed by atoms with Gasteiger partial charge in [0, 0.05) is 38.2 Å². The summed E-state index contributed by atoms with van der Waals surface area (Å²) in [7, 11) is 0. The van der Waals surface area contributed by atoms with Gasteiger partial charge in [0.15, 0.2) is 5.96 Å². The first-order chi connectivity index (χ1) is 12.5. The van der Waals surface area contributed by atoms with Crippen molar-refractivity contribution in [3.8, 4) is 5.75 Å². The van der Waals surface area contributed by atoms with Crippen molar-refractivity contribution in [2.75, 3.05) is 26.2 Å². The Morgan fingerprint density at radius 3 is 2.50 bits per heavy atom. The van der Waals surface area contributed by atoms with E-state index in [0.717, 1.165) is 0 Å². The van der Waals surface area contributed by atoms with Crippen LogP contribution < -0.4 is 15.4 Å². The normalized spacial score (nSPS) is 11.4. The van der Waals surface area contributed by atoms with Gasteiger partial charge in [-0.1, -0.05) is 18.2 Å². The fourth-order valence-corrected chi connectivity index (χ4v) is 2.37. The predicted molar refractivity (Wildman–Crippen MR) is 98.4 cm³/mol. The van der Waals surface area contributed by atoms with Crippen molar-refractivity contribution in [1.29, 1.82) is 0 Å². The maximum atomic E-state index is 12.5. The molecule has 1 rings (SSSR count). The van der Waals surface area contributed by atoms with E-state index in [4.69, 9.17) is 0 Å². The fourth-order valence-electron chi connectivity index (χ4n) is 2.37. The van der Waals surface area contributed by atoms with E-state index in [1.807, 2.05) is 20.8 Å². The van der Waals surface area contributed by atoms with Gasteiger partial charge in [-0.15, -0.1) is 0 Å². The quantitative estimate of drug-likeness (QED) is 0.491. The van der Waals surface area contributed by atoms with Gasteiger partial charge in [-0.25, -0.2) is 4.99 Å². The molecule has 2 N–H and O–H groups in total. The molecule has 1 amide bonds. The zero-order valence-electron chi connectivity index (χ0n) is 15.6. The number of aliphatic imine (C=N–C) groups is 1. The number of amides is 1. The van der Waals surface area contributed by atoms with E-state index >= 15 is 0 Å². The molecular weight excluding hydrogens is 342 g/mol. The summed E-state index contributed by atoms with van der Waals surface area (Å²) in [5.74, 6) is 0.708. The average Bonchev–Trinajstić information content (AvgIpc) is 2.61. The molecular formula is C18H28F2N4O2. The van der Waals surface area contributed by atoms with Crippen molar-refractivity contribution >= 4 is 11.9 Å². The second-order valence-corrected chi connectivity index (χ2v) is 5.42. The molecule has 8 heteroatoms. The first-order valence-electron chi connectivity index (χ1n) is 8.84. The van der Waals surface area contributed by atoms with Crippen molar-refractivity contribution in [2.45, 2.75) is 40.3 Å². The molecule has 0 fully saturated rings. The molecule has 0 aliphatic rings. The summed E-state index contributed by atoms with van der Waals surface area (Å²) in [5.41, 5.74) is 0.559. The lowest BCUT2D eigenvalue weighted by molar-refractivity contribution is -0.130. The van der Waals surface area contributed by atoms with E-state index in [-0.39, 0.29) is 18.2 Å². The van der Waals surface area contributed by atoms with Crippen LogP contribution in [0, 0.1) is 0 Å². The smallest absolute Gasteiger partial charge is 0.387 e. The van der Waals surface area contributed by atoms with Gasteiger partial charge in [0.2, 0.25) is 5.91 Å². The third kappa shape index (κ3) is 7.67. The molecule has 0 bridgehead atoms. The monoisotopic (exact) mass is 370 g/mol. The van der Waals surface area contributed by atoms with E-state index in [2.05, 4.69) is 20.4 Å². The summed E-state index contributed by atoms with van der Waals surface area (Å²) in [4.78, 5) is 18.2. The lowest BCUT2D eigenvalue weighted by atomic mass is 10.2. The highest BCUT2D eigenvalue weighted by Gasteiger charge is 2.10. The van der Waals surface area contributed by atoms with Crippen molar-refractivity contribution in [2.24, 2.45) is 4.99 Å². The highest BCUT2D eigenvalue weighted by atomic mass is 19.3. The summed E-state index contributed by atoms with van der Waals surface area (Å²) < 4.78 is 29.4. The molecule has 0 saturated carbocycles. The molecule has 0 aliphatic heterocycles. The number of hydrogen-bond acceptors (Lipinski definition) is 3. The average molecular weight is 370 g/mol. The van der Waals surface area contributed by atoms with E-state index in [9.17, 15) is 13.6 Å². The van der Waals surface area contributed by atoms with Crippen molar-refractivity contribution in [3.63, 3.8) is 0 Å². The summed E-state index contributed by atoms with van der Waals surface area (Å²) in [6, 6.07) is 6.55. The SMILES string of the molecule is CCNC(=NCc1ccccc1OC(F)F)NCCC(=O)N(CC)CC. The maximum Gasteiger partial charge on any atom is 0.387 e. The lowest BCUT2D eigenvalue weighted by Crippen LogP contribution is -2.40. The standard InChI is InChI=1S/C18H28F2N4O2/c1-4-21-18(22-12-11-16(25)24(5-2)6-3)23-13-14-9-7-8-10-15(14)26-17(19)20/h7-10,17H,4-6,11-13H2,1-3H3,(H2,21,22,23). The van der Waals surface area contributed by atoms with Gasteiger partial charge in [0.25, 0.3) is 0 Å². The van der Waals surface area contributed by atoms with Gasteiger partial charge < -0.3 is 20.3 Å².